The van der Waals surface area contributed by atoms with Gasteiger partial charge < -0.3 is 10.5 Å². The first-order chi connectivity index (χ1) is 7.19. The van der Waals surface area contributed by atoms with Crippen LogP contribution >= 0.6 is 12.4 Å². The van der Waals surface area contributed by atoms with Gasteiger partial charge in [0.15, 0.2) is 0 Å². The summed E-state index contributed by atoms with van der Waals surface area (Å²) in [6.07, 6.45) is 0.274. The molecule has 0 saturated heterocycles. The highest BCUT2D eigenvalue weighted by atomic mass is 35.5. The minimum absolute atomic E-state index is 0. The SMILES string of the molecule is COC(=O)C(CN)Cc1ccccc1F.Cl. The molecule has 0 saturated carbocycles. The molecule has 1 aromatic carbocycles. The molecule has 1 unspecified atom stereocenters. The molecule has 90 valence electrons. The van der Waals surface area contributed by atoms with Crippen molar-refractivity contribution in [3.05, 3.63) is 35.6 Å². The van der Waals surface area contributed by atoms with Crippen molar-refractivity contribution < 1.29 is 13.9 Å². The second kappa shape index (κ2) is 7.19. The van der Waals surface area contributed by atoms with Crippen LogP contribution in [0.1, 0.15) is 5.56 Å². The third-order valence-corrected chi connectivity index (χ3v) is 2.24. The fourth-order valence-corrected chi connectivity index (χ4v) is 1.36. The van der Waals surface area contributed by atoms with Crippen molar-refractivity contribution in [2.75, 3.05) is 13.7 Å². The smallest absolute Gasteiger partial charge is 0.310 e. The monoisotopic (exact) mass is 247 g/mol. The number of rotatable bonds is 4. The molecule has 0 heterocycles. The van der Waals surface area contributed by atoms with Crippen LogP contribution in [-0.2, 0) is 16.0 Å². The maximum atomic E-state index is 13.3. The highest BCUT2D eigenvalue weighted by Crippen LogP contribution is 2.13. The van der Waals surface area contributed by atoms with E-state index in [9.17, 15) is 9.18 Å². The van der Waals surface area contributed by atoms with Gasteiger partial charge in [0.05, 0.1) is 13.0 Å². The van der Waals surface area contributed by atoms with Crippen LogP contribution in [0.4, 0.5) is 4.39 Å². The van der Waals surface area contributed by atoms with Crippen LogP contribution in [0, 0.1) is 11.7 Å². The number of ether oxygens (including phenoxy) is 1. The summed E-state index contributed by atoms with van der Waals surface area (Å²) >= 11 is 0. The molecule has 0 bridgehead atoms. The predicted octanol–water partition coefficient (Wildman–Crippen LogP) is 1.54. The molecular weight excluding hydrogens is 233 g/mol. The van der Waals surface area contributed by atoms with E-state index >= 15 is 0 Å². The first-order valence-electron chi connectivity index (χ1n) is 4.70. The molecule has 2 N–H and O–H groups in total. The van der Waals surface area contributed by atoms with E-state index in [0.717, 1.165) is 0 Å². The molecule has 0 aliphatic rings. The molecule has 0 amide bonds. The van der Waals surface area contributed by atoms with Crippen molar-refractivity contribution >= 4 is 18.4 Å². The van der Waals surface area contributed by atoms with Crippen molar-refractivity contribution in [3.8, 4) is 0 Å². The zero-order valence-electron chi connectivity index (χ0n) is 8.98. The Labute approximate surface area is 100 Å². The van der Waals surface area contributed by atoms with E-state index in [4.69, 9.17) is 5.73 Å². The van der Waals surface area contributed by atoms with Crippen molar-refractivity contribution in [1.29, 1.82) is 0 Å². The number of carbonyl (C=O) groups excluding carboxylic acids is 1. The summed E-state index contributed by atoms with van der Waals surface area (Å²) in [7, 11) is 1.30. The third kappa shape index (κ3) is 3.79. The summed E-state index contributed by atoms with van der Waals surface area (Å²) in [6, 6.07) is 6.33. The Bertz CT molecular complexity index is 347. The highest BCUT2D eigenvalue weighted by Gasteiger charge is 2.19. The Morgan fingerprint density at radius 2 is 2.12 bits per heavy atom. The first kappa shape index (κ1) is 14.9. The molecule has 0 fully saturated rings. The minimum atomic E-state index is -0.480. The lowest BCUT2D eigenvalue weighted by atomic mass is 9.99. The summed E-state index contributed by atoms with van der Waals surface area (Å²) in [5, 5.41) is 0. The van der Waals surface area contributed by atoms with Crippen molar-refractivity contribution in [1.82, 2.24) is 0 Å². The van der Waals surface area contributed by atoms with Crippen LogP contribution in [0.5, 0.6) is 0 Å². The topological polar surface area (TPSA) is 52.3 Å². The van der Waals surface area contributed by atoms with Gasteiger partial charge in [-0.25, -0.2) is 4.39 Å². The molecule has 0 aliphatic carbocycles. The average Bonchev–Trinajstić information content (AvgIpc) is 2.27. The van der Waals surface area contributed by atoms with Gasteiger partial charge in [0, 0.05) is 6.54 Å². The van der Waals surface area contributed by atoms with Gasteiger partial charge in [0.1, 0.15) is 5.82 Å². The maximum absolute atomic E-state index is 13.3. The average molecular weight is 248 g/mol. The lowest BCUT2D eigenvalue weighted by Gasteiger charge is -2.12. The molecule has 0 radical (unpaired) electrons. The van der Waals surface area contributed by atoms with Gasteiger partial charge in [0.25, 0.3) is 0 Å². The molecule has 1 atom stereocenters. The van der Waals surface area contributed by atoms with Gasteiger partial charge in [0.2, 0.25) is 0 Å². The highest BCUT2D eigenvalue weighted by molar-refractivity contribution is 5.85. The molecule has 16 heavy (non-hydrogen) atoms. The van der Waals surface area contributed by atoms with Gasteiger partial charge in [-0.2, -0.15) is 0 Å². The lowest BCUT2D eigenvalue weighted by molar-refractivity contribution is -0.145. The van der Waals surface area contributed by atoms with Gasteiger partial charge in [-0.15, -0.1) is 12.4 Å². The fraction of sp³-hybridized carbons (Fsp3) is 0.364. The quantitative estimate of drug-likeness (QED) is 0.822. The Balaban J connectivity index is 0.00000225. The largest absolute Gasteiger partial charge is 0.469 e. The second-order valence-electron chi connectivity index (χ2n) is 3.25. The fourth-order valence-electron chi connectivity index (χ4n) is 1.36. The summed E-state index contributed by atoms with van der Waals surface area (Å²) < 4.78 is 17.8. The first-order valence-corrected chi connectivity index (χ1v) is 4.70. The number of nitrogens with two attached hydrogens (primary N) is 1. The second-order valence-corrected chi connectivity index (χ2v) is 3.25. The van der Waals surface area contributed by atoms with Crippen molar-refractivity contribution in [2.45, 2.75) is 6.42 Å². The lowest BCUT2D eigenvalue weighted by Crippen LogP contribution is -2.27. The van der Waals surface area contributed by atoms with E-state index in [-0.39, 0.29) is 31.2 Å². The Morgan fingerprint density at radius 3 is 2.62 bits per heavy atom. The summed E-state index contributed by atoms with van der Waals surface area (Å²) in [6.45, 7) is 0.154. The van der Waals surface area contributed by atoms with Gasteiger partial charge in [-0.3, -0.25) is 4.79 Å². The minimum Gasteiger partial charge on any atom is -0.469 e. The van der Waals surface area contributed by atoms with E-state index in [1.807, 2.05) is 0 Å². The van der Waals surface area contributed by atoms with Crippen molar-refractivity contribution in [2.24, 2.45) is 11.7 Å². The Hall–Kier alpha value is -1.13. The summed E-state index contributed by atoms with van der Waals surface area (Å²) in [4.78, 5) is 11.2. The molecule has 3 nitrogen and oxygen atoms in total. The Kier molecular flexibility index (Phi) is 6.69. The molecule has 0 aliphatic heterocycles. The van der Waals surface area contributed by atoms with E-state index in [1.165, 1.54) is 13.2 Å². The van der Waals surface area contributed by atoms with Gasteiger partial charge in [-0.05, 0) is 18.1 Å². The molecule has 1 aromatic rings. The van der Waals surface area contributed by atoms with Crippen LogP contribution in [-0.4, -0.2) is 19.6 Å². The molecular formula is C11H15ClFNO2. The number of benzene rings is 1. The predicted molar refractivity (Wildman–Crippen MR) is 61.9 cm³/mol. The number of hydrogen-bond acceptors (Lipinski definition) is 3. The van der Waals surface area contributed by atoms with Crippen molar-refractivity contribution in [3.63, 3.8) is 0 Å². The molecule has 5 heteroatoms. The summed E-state index contributed by atoms with van der Waals surface area (Å²) in [5.41, 5.74) is 5.91. The van der Waals surface area contributed by atoms with Crippen LogP contribution in [0.25, 0.3) is 0 Å². The third-order valence-electron chi connectivity index (χ3n) is 2.24. The van der Waals surface area contributed by atoms with Gasteiger partial charge in [-0.1, -0.05) is 18.2 Å². The number of hydrogen-bond donors (Lipinski definition) is 1. The number of esters is 1. The zero-order valence-corrected chi connectivity index (χ0v) is 9.80. The van der Waals surface area contributed by atoms with E-state index < -0.39 is 11.9 Å². The maximum Gasteiger partial charge on any atom is 0.310 e. The standard InChI is InChI=1S/C11H14FNO2.ClH/c1-15-11(14)9(7-13)6-8-4-2-3-5-10(8)12;/h2-5,9H,6-7,13H2,1H3;1H. The van der Waals surface area contributed by atoms with Crippen LogP contribution < -0.4 is 5.73 Å². The summed E-state index contributed by atoms with van der Waals surface area (Å²) in [5.74, 6) is -1.20. The van der Waals surface area contributed by atoms with Crippen LogP contribution in [0.3, 0.4) is 0 Å². The molecule has 0 aromatic heterocycles. The number of carbonyl (C=O) groups is 1. The number of methoxy groups -OCH3 is 1. The van der Waals surface area contributed by atoms with Gasteiger partial charge >= 0.3 is 5.97 Å². The zero-order chi connectivity index (χ0) is 11.3. The van der Waals surface area contributed by atoms with Crippen LogP contribution in [0.15, 0.2) is 24.3 Å². The normalized spacial score (nSPS) is 11.4. The van der Waals surface area contributed by atoms with Crippen LogP contribution in [0.2, 0.25) is 0 Å². The van der Waals surface area contributed by atoms with E-state index in [1.54, 1.807) is 18.2 Å². The molecule has 0 spiro atoms. The van der Waals surface area contributed by atoms with E-state index in [2.05, 4.69) is 4.74 Å². The number of halogens is 2. The molecule has 1 rings (SSSR count). The van der Waals surface area contributed by atoms with E-state index in [0.29, 0.717) is 5.56 Å². The Morgan fingerprint density at radius 1 is 1.50 bits per heavy atom.